The van der Waals surface area contributed by atoms with Crippen molar-refractivity contribution in [1.29, 1.82) is 0 Å². The Morgan fingerprint density at radius 2 is 1.89 bits per heavy atom. The molecule has 1 nitrogen and oxygen atoms in total. The molecule has 52 valence electrons. The quantitative estimate of drug-likeness (QED) is 0.448. The highest BCUT2D eigenvalue weighted by Crippen LogP contribution is 1.90. The van der Waals surface area contributed by atoms with Crippen LogP contribution in [0.25, 0.3) is 0 Å². The van der Waals surface area contributed by atoms with Gasteiger partial charge in [-0.05, 0) is 26.0 Å². The third kappa shape index (κ3) is 7.28. The summed E-state index contributed by atoms with van der Waals surface area (Å²) in [5.41, 5.74) is 0. The molecule has 0 aromatic rings. The van der Waals surface area contributed by atoms with Crippen LogP contribution in [0.2, 0.25) is 0 Å². The van der Waals surface area contributed by atoms with Gasteiger partial charge in [0, 0.05) is 7.05 Å². The zero-order valence-corrected chi connectivity index (χ0v) is 6.22. The van der Waals surface area contributed by atoms with Gasteiger partial charge in [0.2, 0.25) is 0 Å². The molecule has 0 aromatic heterocycles. The van der Waals surface area contributed by atoms with Crippen LogP contribution in [0.4, 0.5) is 0 Å². The molecule has 0 unspecified atom stereocenters. The topological polar surface area (TPSA) is 12.0 Å². The van der Waals surface area contributed by atoms with Crippen molar-refractivity contribution >= 4 is 0 Å². The van der Waals surface area contributed by atoms with E-state index in [1.165, 1.54) is 0 Å². The number of hydrogen-bond acceptors (Lipinski definition) is 1. The lowest BCUT2D eigenvalue weighted by Gasteiger charge is -1.85. The standard InChI is InChI=1S/C8H15N/c1-3-4-5-6-7-8-9-2/h3-4,7-9H,5-6H2,1-2H3/b4-3+,8-7-. The lowest BCUT2D eigenvalue weighted by Crippen LogP contribution is -1.90. The maximum Gasteiger partial charge on any atom is 0.00276 e. The van der Waals surface area contributed by atoms with E-state index in [0.29, 0.717) is 0 Å². The van der Waals surface area contributed by atoms with Crippen LogP contribution in [0.15, 0.2) is 24.4 Å². The SMILES string of the molecule is C/C=C/CC/C=C\NC. The molecule has 0 amide bonds. The predicted octanol–water partition coefficient (Wildman–Crippen LogP) is 2.08. The van der Waals surface area contributed by atoms with Gasteiger partial charge in [0.05, 0.1) is 0 Å². The molecule has 0 radical (unpaired) electrons. The minimum atomic E-state index is 1.13. The number of unbranched alkanes of at least 4 members (excludes halogenated alkanes) is 1. The van der Waals surface area contributed by atoms with Crippen molar-refractivity contribution in [1.82, 2.24) is 5.32 Å². The van der Waals surface area contributed by atoms with Gasteiger partial charge in [-0.1, -0.05) is 18.2 Å². The molecule has 0 spiro atoms. The number of rotatable bonds is 4. The normalized spacial score (nSPS) is 11.3. The van der Waals surface area contributed by atoms with E-state index in [9.17, 15) is 0 Å². The molecule has 0 atom stereocenters. The van der Waals surface area contributed by atoms with Crippen molar-refractivity contribution in [3.05, 3.63) is 24.4 Å². The molecule has 0 aliphatic heterocycles. The molecule has 1 heteroatoms. The van der Waals surface area contributed by atoms with E-state index in [1.54, 1.807) is 0 Å². The van der Waals surface area contributed by atoms with E-state index in [-0.39, 0.29) is 0 Å². The average molecular weight is 125 g/mol. The first kappa shape index (κ1) is 8.28. The Bertz CT molecular complexity index is 92.7. The van der Waals surface area contributed by atoms with E-state index >= 15 is 0 Å². The molecule has 0 saturated heterocycles. The highest BCUT2D eigenvalue weighted by atomic mass is 14.8. The van der Waals surface area contributed by atoms with Crippen LogP contribution in [-0.2, 0) is 0 Å². The van der Waals surface area contributed by atoms with E-state index in [0.717, 1.165) is 12.8 Å². The Hall–Kier alpha value is -0.720. The summed E-state index contributed by atoms with van der Waals surface area (Å²) in [4.78, 5) is 0. The second-order valence-electron chi connectivity index (χ2n) is 1.84. The lowest BCUT2D eigenvalue weighted by atomic mass is 10.3. The molecular formula is C8H15N. The fourth-order valence-electron chi connectivity index (χ4n) is 0.560. The summed E-state index contributed by atoms with van der Waals surface area (Å²) in [5, 5.41) is 2.94. The van der Waals surface area contributed by atoms with Crippen molar-refractivity contribution in [2.45, 2.75) is 19.8 Å². The van der Waals surface area contributed by atoms with Gasteiger partial charge in [0.25, 0.3) is 0 Å². The number of hydrogen-bond donors (Lipinski definition) is 1. The Kier molecular flexibility index (Phi) is 6.70. The van der Waals surface area contributed by atoms with Gasteiger partial charge in [-0.15, -0.1) is 0 Å². The molecule has 0 heterocycles. The maximum absolute atomic E-state index is 2.94. The monoisotopic (exact) mass is 125 g/mol. The Labute approximate surface area is 57.5 Å². The summed E-state index contributed by atoms with van der Waals surface area (Å²) in [6.07, 6.45) is 10.6. The van der Waals surface area contributed by atoms with Crippen LogP contribution in [0.3, 0.4) is 0 Å². The van der Waals surface area contributed by atoms with Gasteiger partial charge >= 0.3 is 0 Å². The fraction of sp³-hybridized carbons (Fsp3) is 0.500. The Morgan fingerprint density at radius 1 is 1.22 bits per heavy atom. The first-order valence-corrected chi connectivity index (χ1v) is 3.35. The van der Waals surface area contributed by atoms with Gasteiger partial charge in [-0.25, -0.2) is 0 Å². The van der Waals surface area contributed by atoms with Gasteiger partial charge in [-0.3, -0.25) is 0 Å². The largest absolute Gasteiger partial charge is 0.394 e. The summed E-state index contributed by atoms with van der Waals surface area (Å²) >= 11 is 0. The second kappa shape index (κ2) is 7.28. The second-order valence-corrected chi connectivity index (χ2v) is 1.84. The fourth-order valence-corrected chi connectivity index (χ4v) is 0.560. The summed E-state index contributed by atoms with van der Waals surface area (Å²) < 4.78 is 0. The summed E-state index contributed by atoms with van der Waals surface area (Å²) in [5.74, 6) is 0. The Balaban J connectivity index is 2.99. The van der Waals surface area contributed by atoms with Crippen LogP contribution in [0.1, 0.15) is 19.8 Å². The molecule has 0 bridgehead atoms. The van der Waals surface area contributed by atoms with E-state index < -0.39 is 0 Å². The lowest BCUT2D eigenvalue weighted by molar-refractivity contribution is 1.01. The third-order valence-electron chi connectivity index (χ3n) is 1.02. The van der Waals surface area contributed by atoms with E-state index in [4.69, 9.17) is 0 Å². The Morgan fingerprint density at radius 3 is 2.44 bits per heavy atom. The van der Waals surface area contributed by atoms with Gasteiger partial charge < -0.3 is 5.32 Å². The first-order chi connectivity index (χ1) is 4.41. The van der Waals surface area contributed by atoms with Crippen molar-refractivity contribution in [3.8, 4) is 0 Å². The maximum atomic E-state index is 2.94. The summed E-state index contributed by atoms with van der Waals surface area (Å²) in [6, 6.07) is 0. The molecule has 0 fully saturated rings. The molecule has 1 N–H and O–H groups in total. The summed E-state index contributed by atoms with van der Waals surface area (Å²) in [7, 11) is 1.91. The molecule has 0 saturated carbocycles. The van der Waals surface area contributed by atoms with Gasteiger partial charge in [0.15, 0.2) is 0 Å². The van der Waals surface area contributed by atoms with E-state index in [2.05, 4.69) is 23.5 Å². The molecule has 0 aliphatic carbocycles. The van der Waals surface area contributed by atoms with E-state index in [1.807, 2.05) is 20.2 Å². The molecule has 9 heavy (non-hydrogen) atoms. The smallest absolute Gasteiger partial charge is 0.00276 e. The molecular weight excluding hydrogens is 110 g/mol. The number of nitrogens with one attached hydrogen (secondary N) is 1. The van der Waals surface area contributed by atoms with Crippen LogP contribution >= 0.6 is 0 Å². The number of allylic oxidation sites excluding steroid dienone is 3. The highest BCUT2D eigenvalue weighted by molar-refractivity contribution is 4.84. The van der Waals surface area contributed by atoms with Crippen molar-refractivity contribution in [2.75, 3.05) is 7.05 Å². The first-order valence-electron chi connectivity index (χ1n) is 3.35. The van der Waals surface area contributed by atoms with Gasteiger partial charge in [-0.2, -0.15) is 0 Å². The zero-order valence-electron chi connectivity index (χ0n) is 6.22. The van der Waals surface area contributed by atoms with Crippen LogP contribution in [0, 0.1) is 0 Å². The van der Waals surface area contributed by atoms with Gasteiger partial charge in [0.1, 0.15) is 0 Å². The zero-order chi connectivity index (χ0) is 6.95. The van der Waals surface area contributed by atoms with Crippen LogP contribution in [-0.4, -0.2) is 7.05 Å². The molecule has 0 aliphatic rings. The molecule has 0 aromatic carbocycles. The van der Waals surface area contributed by atoms with Crippen molar-refractivity contribution in [3.63, 3.8) is 0 Å². The third-order valence-corrected chi connectivity index (χ3v) is 1.02. The van der Waals surface area contributed by atoms with Crippen LogP contribution < -0.4 is 5.32 Å². The summed E-state index contributed by atoms with van der Waals surface area (Å²) in [6.45, 7) is 2.04. The van der Waals surface area contributed by atoms with Crippen LogP contribution in [0.5, 0.6) is 0 Å². The minimum Gasteiger partial charge on any atom is -0.394 e. The van der Waals surface area contributed by atoms with Crippen molar-refractivity contribution < 1.29 is 0 Å². The molecule has 0 rings (SSSR count). The minimum absolute atomic E-state index is 1.13. The predicted molar refractivity (Wildman–Crippen MR) is 42.2 cm³/mol. The average Bonchev–Trinajstić information content (AvgIpc) is 1.89. The highest BCUT2D eigenvalue weighted by Gasteiger charge is 1.71. The van der Waals surface area contributed by atoms with Crippen molar-refractivity contribution in [2.24, 2.45) is 0 Å².